The second-order valence-corrected chi connectivity index (χ2v) is 8.78. The molecule has 0 spiro atoms. The van der Waals surface area contributed by atoms with Crippen molar-refractivity contribution in [3.8, 4) is 5.75 Å². The Hall–Kier alpha value is -4.33. The van der Waals surface area contributed by atoms with Crippen molar-refractivity contribution in [1.29, 1.82) is 0 Å². The van der Waals surface area contributed by atoms with Crippen LogP contribution >= 0.6 is 0 Å². The number of carbonyl (C=O) groups is 3. The number of halogens is 1. The Labute approximate surface area is 200 Å². The van der Waals surface area contributed by atoms with E-state index in [1.807, 2.05) is 24.3 Å². The van der Waals surface area contributed by atoms with Gasteiger partial charge in [-0.3, -0.25) is 19.4 Å². The first-order valence-corrected chi connectivity index (χ1v) is 11.2. The monoisotopic (exact) mass is 469 g/mol. The molecule has 3 aromatic carbocycles. The Kier molecular flexibility index (Phi) is 4.77. The molecule has 0 radical (unpaired) electrons. The number of methoxy groups -OCH3 is 1. The maximum atomic E-state index is 14.0. The first kappa shape index (κ1) is 21.2. The molecular formula is C27H20FN3O4. The molecule has 3 heterocycles. The summed E-state index contributed by atoms with van der Waals surface area (Å²) in [5, 5.41) is 6.14. The highest BCUT2D eigenvalue weighted by Crippen LogP contribution is 2.53. The predicted octanol–water partition coefficient (Wildman–Crippen LogP) is 3.60. The molecule has 3 aliphatic rings. The van der Waals surface area contributed by atoms with Gasteiger partial charge in [0, 0.05) is 5.56 Å². The number of imide groups is 1. The van der Waals surface area contributed by atoms with Crippen LogP contribution < -0.4 is 9.64 Å². The number of carbonyl (C=O) groups excluding carboxylic acids is 3. The Bertz CT molecular complexity index is 1400. The van der Waals surface area contributed by atoms with Crippen LogP contribution in [0, 0.1) is 17.7 Å². The molecular weight excluding hydrogens is 449 g/mol. The van der Waals surface area contributed by atoms with Crippen molar-refractivity contribution in [3.63, 3.8) is 0 Å². The lowest BCUT2D eigenvalue weighted by Crippen LogP contribution is -2.44. The van der Waals surface area contributed by atoms with E-state index >= 15 is 0 Å². The summed E-state index contributed by atoms with van der Waals surface area (Å²) in [7, 11) is 1.53. The van der Waals surface area contributed by atoms with E-state index in [2.05, 4.69) is 5.10 Å². The number of benzene rings is 3. The van der Waals surface area contributed by atoms with Crippen molar-refractivity contribution in [1.82, 2.24) is 5.01 Å². The second kappa shape index (κ2) is 7.87. The number of hydrogen-bond donors (Lipinski definition) is 0. The van der Waals surface area contributed by atoms with Crippen molar-refractivity contribution in [2.45, 2.75) is 12.1 Å². The molecule has 0 bridgehead atoms. The Balaban J connectivity index is 1.48. The van der Waals surface area contributed by atoms with Gasteiger partial charge in [-0.05, 0) is 53.6 Å². The lowest BCUT2D eigenvalue weighted by atomic mass is 9.83. The van der Waals surface area contributed by atoms with Crippen LogP contribution in [0.4, 0.5) is 10.1 Å². The number of hydrogen-bond acceptors (Lipinski definition) is 6. The summed E-state index contributed by atoms with van der Waals surface area (Å²) in [5.74, 6) is -3.07. The summed E-state index contributed by atoms with van der Waals surface area (Å²) in [6, 6.07) is 17.9. The highest BCUT2D eigenvalue weighted by atomic mass is 19.1. The predicted molar refractivity (Wildman–Crippen MR) is 126 cm³/mol. The van der Waals surface area contributed by atoms with Gasteiger partial charge in [-0.15, -0.1) is 0 Å². The number of hydrazone groups is 1. The molecule has 0 aromatic heterocycles. The van der Waals surface area contributed by atoms with Gasteiger partial charge in [0.1, 0.15) is 17.6 Å². The number of ketones is 1. The minimum Gasteiger partial charge on any atom is -0.497 e. The third-order valence-electron chi connectivity index (χ3n) is 7.00. The van der Waals surface area contributed by atoms with Crippen LogP contribution in [0.15, 0.2) is 77.9 Å². The maximum Gasteiger partial charge on any atom is 0.240 e. The number of nitrogens with zero attached hydrogens (tertiary/aromatic N) is 3. The largest absolute Gasteiger partial charge is 0.497 e. The van der Waals surface area contributed by atoms with E-state index in [0.717, 1.165) is 22.1 Å². The summed E-state index contributed by atoms with van der Waals surface area (Å²) in [4.78, 5) is 42.3. The molecule has 2 amide bonds. The Morgan fingerprint density at radius 1 is 0.943 bits per heavy atom. The first-order chi connectivity index (χ1) is 17.0. The van der Waals surface area contributed by atoms with Crippen molar-refractivity contribution < 1.29 is 23.5 Å². The zero-order valence-corrected chi connectivity index (χ0v) is 18.7. The van der Waals surface area contributed by atoms with Gasteiger partial charge >= 0.3 is 0 Å². The molecule has 2 saturated heterocycles. The van der Waals surface area contributed by atoms with Crippen molar-refractivity contribution in [2.75, 3.05) is 12.0 Å². The zero-order valence-electron chi connectivity index (χ0n) is 18.7. The van der Waals surface area contributed by atoms with Crippen molar-refractivity contribution >= 4 is 29.5 Å². The van der Waals surface area contributed by atoms with E-state index in [4.69, 9.17) is 4.74 Å². The maximum absolute atomic E-state index is 14.0. The second-order valence-electron chi connectivity index (χ2n) is 8.78. The van der Waals surface area contributed by atoms with E-state index in [-0.39, 0.29) is 11.5 Å². The number of anilines is 1. The van der Waals surface area contributed by atoms with Gasteiger partial charge in [-0.1, -0.05) is 30.3 Å². The van der Waals surface area contributed by atoms with Gasteiger partial charge in [0.2, 0.25) is 11.8 Å². The van der Waals surface area contributed by atoms with Crippen LogP contribution in [0.3, 0.4) is 0 Å². The van der Waals surface area contributed by atoms with Gasteiger partial charge in [-0.2, -0.15) is 5.10 Å². The number of Topliss-reactive ketones (excluding diaryl/α,β-unsaturated/α-hetero) is 1. The van der Waals surface area contributed by atoms with Gasteiger partial charge in [0.15, 0.2) is 5.78 Å². The Morgan fingerprint density at radius 3 is 2.43 bits per heavy atom. The minimum absolute atomic E-state index is 0.157. The molecule has 3 aliphatic heterocycles. The Morgan fingerprint density at radius 2 is 1.69 bits per heavy atom. The van der Waals surface area contributed by atoms with Crippen LogP contribution in [0.25, 0.3) is 0 Å². The molecule has 3 aromatic rings. The first-order valence-electron chi connectivity index (χ1n) is 11.2. The number of ether oxygens (including phenoxy) is 1. The van der Waals surface area contributed by atoms with E-state index in [0.29, 0.717) is 11.3 Å². The molecule has 174 valence electrons. The van der Waals surface area contributed by atoms with E-state index in [1.54, 1.807) is 35.5 Å². The summed E-state index contributed by atoms with van der Waals surface area (Å²) >= 11 is 0. The normalized spacial score (nSPS) is 24.3. The summed E-state index contributed by atoms with van der Waals surface area (Å²) in [6.45, 7) is 0. The summed E-state index contributed by atoms with van der Waals surface area (Å²) in [6.07, 6.45) is 1.65. The molecule has 6 rings (SSSR count). The summed E-state index contributed by atoms with van der Waals surface area (Å²) in [5.41, 5.74) is 2.19. The molecule has 7 nitrogen and oxygen atoms in total. The third-order valence-corrected chi connectivity index (χ3v) is 7.00. The van der Waals surface area contributed by atoms with E-state index in [9.17, 15) is 18.8 Å². The molecule has 8 heteroatoms. The quantitative estimate of drug-likeness (QED) is 0.431. The molecule has 0 N–H and O–H groups in total. The van der Waals surface area contributed by atoms with Gasteiger partial charge in [-0.25, -0.2) is 9.29 Å². The SMILES string of the molecule is COc1ccc(C(=O)[C@@H]2[C@@H]3C(=O)N(c4cccc(F)c4)C(=O)[C@H]3[C@H]3c4ccccc4C=NN23)cc1. The van der Waals surface area contributed by atoms with Gasteiger partial charge in [0.25, 0.3) is 0 Å². The fourth-order valence-electron chi connectivity index (χ4n) is 5.46. The molecule has 0 aliphatic carbocycles. The van der Waals surface area contributed by atoms with E-state index in [1.165, 1.54) is 25.3 Å². The van der Waals surface area contributed by atoms with Crippen LogP contribution in [0.1, 0.15) is 27.5 Å². The smallest absolute Gasteiger partial charge is 0.240 e. The summed E-state index contributed by atoms with van der Waals surface area (Å²) < 4.78 is 19.2. The number of amides is 2. The van der Waals surface area contributed by atoms with Crippen molar-refractivity contribution in [2.24, 2.45) is 16.9 Å². The van der Waals surface area contributed by atoms with Crippen LogP contribution in [-0.2, 0) is 9.59 Å². The average Bonchev–Trinajstić information content (AvgIpc) is 3.36. The molecule has 4 atom stereocenters. The average molecular weight is 469 g/mol. The lowest BCUT2D eigenvalue weighted by molar-refractivity contribution is -0.124. The topological polar surface area (TPSA) is 79.3 Å². The number of rotatable bonds is 4. The fraction of sp³-hybridized carbons (Fsp3) is 0.185. The zero-order chi connectivity index (χ0) is 24.3. The molecule has 2 fully saturated rings. The molecule has 0 saturated carbocycles. The van der Waals surface area contributed by atoms with Gasteiger partial charge < -0.3 is 4.74 Å². The molecule has 0 unspecified atom stereocenters. The van der Waals surface area contributed by atoms with E-state index < -0.39 is 41.6 Å². The highest BCUT2D eigenvalue weighted by Gasteiger charge is 2.65. The lowest BCUT2D eigenvalue weighted by Gasteiger charge is -2.33. The van der Waals surface area contributed by atoms with Gasteiger partial charge in [0.05, 0.1) is 36.9 Å². The fourth-order valence-corrected chi connectivity index (χ4v) is 5.46. The standard InChI is InChI=1S/C27H20FN3O4/c1-35-19-11-9-15(10-12-19)25(32)24-22-21(23-20-8-3-2-5-16(20)14-29-31(23)24)26(33)30(27(22)34)18-7-4-6-17(28)13-18/h2-14,21-24H,1H3/t21-,22-,23-,24+/m1/s1. The molecule has 35 heavy (non-hydrogen) atoms. The van der Waals surface area contributed by atoms with Crippen LogP contribution in [0.2, 0.25) is 0 Å². The van der Waals surface area contributed by atoms with Crippen LogP contribution in [0.5, 0.6) is 5.75 Å². The van der Waals surface area contributed by atoms with Crippen LogP contribution in [-0.4, -0.2) is 42.0 Å². The third kappa shape index (κ3) is 3.10. The number of fused-ring (bicyclic) bond motifs is 5. The minimum atomic E-state index is -0.988. The highest BCUT2D eigenvalue weighted by molar-refractivity contribution is 6.24. The van der Waals surface area contributed by atoms with Crippen molar-refractivity contribution in [3.05, 3.63) is 95.3 Å².